The largest absolute Gasteiger partial charge is 1.00 e. The van der Waals surface area contributed by atoms with Gasteiger partial charge in [-0.3, -0.25) is 4.57 Å². The van der Waals surface area contributed by atoms with Crippen LogP contribution in [0.1, 0.15) is 19.0 Å². The second-order valence-electron chi connectivity index (χ2n) is 8.65. The van der Waals surface area contributed by atoms with Gasteiger partial charge in [0, 0.05) is 22.5 Å². The Bertz CT molecular complexity index is 1750. The number of carbonyl (C=O) groups excluding carboxylic acids is 1. The third-order valence-electron chi connectivity index (χ3n) is 6.00. The molecule has 0 bridgehead atoms. The van der Waals surface area contributed by atoms with E-state index >= 15 is 0 Å². The van der Waals surface area contributed by atoms with Crippen molar-refractivity contribution in [2.24, 2.45) is 0 Å². The molecule has 3 aromatic carbocycles. The van der Waals surface area contributed by atoms with Crippen LogP contribution in [0.4, 0.5) is 17.6 Å². The first-order chi connectivity index (χ1) is 18.9. The number of halogens is 5. The minimum absolute atomic E-state index is 0. The molecule has 2 heterocycles. The van der Waals surface area contributed by atoms with Crippen LogP contribution < -0.4 is 48.9 Å². The molecule has 0 aliphatic carbocycles. The van der Waals surface area contributed by atoms with Gasteiger partial charge in [0.2, 0.25) is 0 Å². The van der Waals surface area contributed by atoms with Crippen molar-refractivity contribution in [2.75, 3.05) is 0 Å². The third-order valence-corrected chi connectivity index (χ3v) is 6.24. The predicted molar refractivity (Wildman–Crippen MR) is 133 cm³/mol. The van der Waals surface area contributed by atoms with Crippen LogP contribution in [0.25, 0.3) is 27.7 Å². The van der Waals surface area contributed by atoms with Crippen LogP contribution in [0.15, 0.2) is 59.1 Å². The quantitative estimate of drug-likeness (QED) is 0.199. The molecule has 0 radical (unpaired) electrons. The number of hydrogen-bond donors (Lipinski definition) is 0. The summed E-state index contributed by atoms with van der Waals surface area (Å²) in [6.07, 6.45) is -6.17. The SMILES string of the molecule is CC[C@H](Oc1ccc(F)c(Oc2c(C)n(-c3noc4cc(Cl)ccc34)c3ccc(OC(F)(F)F)cc23)c1)C(=O)[O-].[Na+]. The molecule has 5 rings (SSSR count). The Morgan fingerprint density at radius 2 is 1.83 bits per heavy atom. The molecule has 0 fully saturated rings. The number of benzene rings is 3. The molecule has 0 spiro atoms. The predicted octanol–water partition coefficient (Wildman–Crippen LogP) is 3.47. The van der Waals surface area contributed by atoms with Crippen molar-refractivity contribution in [1.29, 1.82) is 0 Å². The van der Waals surface area contributed by atoms with Crippen LogP contribution in [0.2, 0.25) is 5.02 Å². The van der Waals surface area contributed by atoms with Crippen molar-refractivity contribution in [3.63, 3.8) is 0 Å². The molecule has 8 nitrogen and oxygen atoms in total. The average Bonchev–Trinajstić information content (AvgIpc) is 3.40. The van der Waals surface area contributed by atoms with Crippen LogP contribution in [0.3, 0.4) is 0 Å². The van der Waals surface area contributed by atoms with Gasteiger partial charge in [-0.2, -0.15) is 0 Å². The number of alkyl halides is 3. The van der Waals surface area contributed by atoms with E-state index in [1.165, 1.54) is 12.1 Å². The number of aliphatic carboxylic acids is 1. The van der Waals surface area contributed by atoms with Crippen molar-refractivity contribution in [2.45, 2.75) is 32.7 Å². The number of ether oxygens (including phenoxy) is 3. The Hall–Kier alpha value is -3.45. The molecular formula is C27H18ClF4N2NaO6. The van der Waals surface area contributed by atoms with Crippen LogP contribution in [0, 0.1) is 12.7 Å². The van der Waals surface area contributed by atoms with Gasteiger partial charge >= 0.3 is 35.9 Å². The number of aromatic nitrogens is 2. The zero-order valence-electron chi connectivity index (χ0n) is 21.7. The van der Waals surface area contributed by atoms with E-state index in [0.29, 0.717) is 27.2 Å². The molecular weight excluding hydrogens is 583 g/mol. The number of fused-ring (bicyclic) bond motifs is 2. The third kappa shape index (κ3) is 6.25. The molecule has 0 aliphatic heterocycles. The van der Waals surface area contributed by atoms with Gasteiger partial charge in [-0.05, 0) is 55.8 Å². The number of hydrogen-bond acceptors (Lipinski definition) is 7. The summed E-state index contributed by atoms with van der Waals surface area (Å²) in [7, 11) is 0. The number of nitrogens with zero attached hydrogens (tertiary/aromatic N) is 2. The maximum atomic E-state index is 14.9. The zero-order valence-corrected chi connectivity index (χ0v) is 24.5. The van der Waals surface area contributed by atoms with Gasteiger partial charge in [-0.1, -0.05) is 23.7 Å². The number of rotatable bonds is 8. The summed E-state index contributed by atoms with van der Waals surface area (Å²) < 4.78 is 76.2. The average molecular weight is 601 g/mol. The van der Waals surface area contributed by atoms with E-state index in [9.17, 15) is 27.5 Å². The first-order valence-corrected chi connectivity index (χ1v) is 12.1. The summed E-state index contributed by atoms with van der Waals surface area (Å²) in [5.41, 5.74) is 1.04. The van der Waals surface area contributed by atoms with Crippen molar-refractivity contribution in [3.05, 3.63) is 71.1 Å². The molecule has 41 heavy (non-hydrogen) atoms. The second-order valence-corrected chi connectivity index (χ2v) is 9.09. The summed E-state index contributed by atoms with van der Waals surface area (Å²) in [4.78, 5) is 11.3. The normalized spacial score (nSPS) is 12.3. The van der Waals surface area contributed by atoms with Crippen LogP contribution in [-0.4, -0.2) is 28.2 Å². The van der Waals surface area contributed by atoms with Gasteiger partial charge < -0.3 is 28.6 Å². The molecule has 0 aliphatic rings. The van der Waals surface area contributed by atoms with E-state index < -0.39 is 30.0 Å². The van der Waals surface area contributed by atoms with E-state index in [1.807, 2.05) is 0 Å². The van der Waals surface area contributed by atoms with Gasteiger partial charge in [0.1, 0.15) is 17.6 Å². The van der Waals surface area contributed by atoms with Crippen molar-refractivity contribution in [3.8, 4) is 28.8 Å². The molecule has 2 aromatic heterocycles. The Kier molecular flexibility index (Phi) is 8.78. The summed E-state index contributed by atoms with van der Waals surface area (Å²) in [5, 5.41) is 16.5. The molecule has 0 amide bonds. The molecule has 0 N–H and O–H groups in total. The number of carboxylic acid groups (broad SMARTS) is 1. The van der Waals surface area contributed by atoms with E-state index in [4.69, 9.17) is 25.6 Å². The monoisotopic (exact) mass is 600 g/mol. The smallest absolute Gasteiger partial charge is 0.546 e. The standard InChI is InChI=1S/C27H19ClF4N2O6.Na/c1-3-21(26(35)36)37-15-5-8-19(29)23(12-15)38-24-13(2)34(25-17-7-4-14(28)10-22(17)40-33-25)20-9-6-16(11-18(20)24)39-27(30,31)32;/h4-12,21H,3H2,1-2H3,(H,35,36);/q;+1/p-1/t21-;/m0./s1. The molecule has 5 aromatic rings. The first-order valence-electron chi connectivity index (χ1n) is 11.8. The summed E-state index contributed by atoms with van der Waals surface area (Å²) >= 11 is 6.05. The van der Waals surface area contributed by atoms with Gasteiger partial charge in [-0.25, -0.2) is 4.39 Å². The number of carboxylic acids is 1. The van der Waals surface area contributed by atoms with Gasteiger partial charge in [0.25, 0.3) is 0 Å². The maximum Gasteiger partial charge on any atom is 1.00 e. The van der Waals surface area contributed by atoms with Crippen LogP contribution >= 0.6 is 11.6 Å². The Labute approximate surface area is 256 Å². The number of carbonyl (C=O) groups is 1. The van der Waals surface area contributed by atoms with Crippen molar-refractivity contribution >= 4 is 39.4 Å². The molecule has 1 atom stereocenters. The molecule has 0 saturated carbocycles. The second kappa shape index (κ2) is 11.8. The Morgan fingerprint density at radius 1 is 1.10 bits per heavy atom. The fourth-order valence-electron chi connectivity index (χ4n) is 4.23. The van der Waals surface area contributed by atoms with E-state index in [0.717, 1.165) is 24.3 Å². The molecule has 208 valence electrons. The van der Waals surface area contributed by atoms with E-state index in [1.54, 1.807) is 36.6 Å². The fraction of sp³-hybridized carbons (Fsp3) is 0.185. The van der Waals surface area contributed by atoms with Crippen LogP contribution in [-0.2, 0) is 4.79 Å². The van der Waals surface area contributed by atoms with Gasteiger partial charge in [0.05, 0.1) is 22.6 Å². The first kappa shape index (κ1) is 30.5. The summed E-state index contributed by atoms with van der Waals surface area (Å²) in [6.45, 7) is 3.17. The summed E-state index contributed by atoms with van der Waals surface area (Å²) in [6, 6.07) is 11.8. The zero-order chi connectivity index (χ0) is 28.8. The van der Waals surface area contributed by atoms with Crippen molar-refractivity contribution < 1.29 is 75.8 Å². The molecule has 14 heteroatoms. The summed E-state index contributed by atoms with van der Waals surface area (Å²) in [5.74, 6) is -2.94. The fourth-order valence-corrected chi connectivity index (χ4v) is 4.40. The maximum absolute atomic E-state index is 14.9. The van der Waals surface area contributed by atoms with Gasteiger partial charge in [0.15, 0.2) is 28.7 Å². The molecule has 0 saturated heterocycles. The minimum Gasteiger partial charge on any atom is -0.546 e. The van der Waals surface area contributed by atoms with E-state index in [-0.39, 0.29) is 64.4 Å². The van der Waals surface area contributed by atoms with Crippen molar-refractivity contribution in [1.82, 2.24) is 9.72 Å². The van der Waals surface area contributed by atoms with E-state index in [2.05, 4.69) is 9.89 Å². The Morgan fingerprint density at radius 3 is 2.51 bits per heavy atom. The topological polar surface area (TPSA) is 98.8 Å². The molecule has 0 unspecified atom stereocenters. The van der Waals surface area contributed by atoms with Gasteiger partial charge in [-0.15, -0.1) is 13.2 Å². The minimum atomic E-state index is -4.96. The Balaban J connectivity index is 0.00000387. The van der Waals surface area contributed by atoms with Crippen LogP contribution in [0.5, 0.6) is 23.0 Å².